The van der Waals surface area contributed by atoms with Crippen LogP contribution < -0.4 is 0 Å². The first kappa shape index (κ1) is 9.85. The van der Waals surface area contributed by atoms with Gasteiger partial charge < -0.3 is 9.84 Å². The molecule has 1 aliphatic heterocycles. The summed E-state index contributed by atoms with van der Waals surface area (Å²) in [6.07, 6.45) is -5.87. The van der Waals surface area contributed by atoms with E-state index in [0.717, 1.165) is 0 Å². The van der Waals surface area contributed by atoms with E-state index in [-0.39, 0.29) is 13.0 Å². The minimum atomic E-state index is -4.34. The highest BCUT2D eigenvalue weighted by atomic mass is 19.3. The number of carbonyl (C=O) groups excluding carboxylic acids is 1. The number of carbonyl (C=O) groups is 2. The molecule has 1 aliphatic rings. The van der Waals surface area contributed by atoms with Gasteiger partial charge in [-0.1, -0.05) is 0 Å². The van der Waals surface area contributed by atoms with Gasteiger partial charge in [-0.25, -0.2) is 9.59 Å². The Bertz CT molecular complexity index is 239. The molecule has 0 radical (unpaired) electrons. The molecule has 1 unspecified atom stereocenters. The molecule has 5 nitrogen and oxygen atoms in total. The highest BCUT2D eigenvalue weighted by Gasteiger charge is 2.46. The summed E-state index contributed by atoms with van der Waals surface area (Å²) in [6, 6.07) is 0. The molecule has 0 aliphatic carbocycles. The van der Waals surface area contributed by atoms with Crippen LogP contribution in [0.5, 0.6) is 0 Å². The number of hydrogen-bond acceptors (Lipinski definition) is 4. The Morgan fingerprint density at radius 3 is 2.69 bits per heavy atom. The summed E-state index contributed by atoms with van der Waals surface area (Å²) < 4.78 is 32.8. The van der Waals surface area contributed by atoms with Gasteiger partial charge in [0.15, 0.2) is 6.10 Å². The van der Waals surface area contributed by atoms with E-state index in [0.29, 0.717) is 0 Å². The molecule has 0 aromatic carbocycles. The van der Waals surface area contributed by atoms with Crippen LogP contribution in [-0.2, 0) is 19.1 Å². The number of cyclic esters (lactones) is 1. The van der Waals surface area contributed by atoms with Gasteiger partial charge in [-0.2, -0.15) is 8.78 Å². The second kappa shape index (κ2) is 3.25. The summed E-state index contributed by atoms with van der Waals surface area (Å²) in [5.74, 6) is -3.38. The Kier molecular flexibility index (Phi) is 2.46. The number of carboxylic acid groups (broad SMARTS) is 1. The molecule has 13 heavy (non-hydrogen) atoms. The van der Waals surface area contributed by atoms with Gasteiger partial charge in [-0.05, 0) is 0 Å². The Hall–Kier alpha value is -1.24. The van der Waals surface area contributed by atoms with E-state index in [1.807, 2.05) is 0 Å². The summed E-state index contributed by atoms with van der Waals surface area (Å²) >= 11 is 0. The summed E-state index contributed by atoms with van der Waals surface area (Å²) in [4.78, 5) is 20.5. The van der Waals surface area contributed by atoms with E-state index >= 15 is 0 Å². The fourth-order valence-corrected chi connectivity index (χ4v) is 0.813. The van der Waals surface area contributed by atoms with Gasteiger partial charge in [0.25, 0.3) is 0 Å². The zero-order valence-electron chi connectivity index (χ0n) is 6.33. The van der Waals surface area contributed by atoms with Crippen molar-refractivity contribution in [2.75, 3.05) is 6.61 Å². The maximum atomic E-state index is 12.3. The Morgan fingerprint density at radius 2 is 2.31 bits per heavy atom. The molecule has 0 saturated carbocycles. The molecule has 0 amide bonds. The predicted molar refractivity (Wildman–Crippen MR) is 33.0 cm³/mol. The SMILES string of the molecule is O=C1OCCC1OC(F)(F)C(=O)O. The molecule has 74 valence electrons. The number of alkyl halides is 2. The fourth-order valence-electron chi connectivity index (χ4n) is 0.813. The van der Waals surface area contributed by atoms with E-state index in [1.165, 1.54) is 0 Å². The van der Waals surface area contributed by atoms with Crippen molar-refractivity contribution < 1.29 is 33.0 Å². The maximum absolute atomic E-state index is 12.3. The fraction of sp³-hybridized carbons (Fsp3) is 0.667. The van der Waals surface area contributed by atoms with E-state index in [1.54, 1.807) is 0 Å². The minimum Gasteiger partial charge on any atom is -0.475 e. The lowest BCUT2D eigenvalue weighted by Crippen LogP contribution is -2.37. The first-order chi connectivity index (χ1) is 5.93. The monoisotopic (exact) mass is 196 g/mol. The second-order valence-electron chi connectivity index (χ2n) is 2.38. The van der Waals surface area contributed by atoms with Crippen molar-refractivity contribution in [1.82, 2.24) is 0 Å². The number of ether oxygens (including phenoxy) is 2. The van der Waals surface area contributed by atoms with Gasteiger partial charge in [-0.15, -0.1) is 0 Å². The quantitative estimate of drug-likeness (QED) is 0.643. The molecule has 0 aromatic rings. The molecule has 0 aromatic heterocycles. The van der Waals surface area contributed by atoms with Crippen LogP contribution in [0.1, 0.15) is 6.42 Å². The van der Waals surface area contributed by atoms with Crippen LogP contribution in [0.2, 0.25) is 0 Å². The molecule has 1 atom stereocenters. The van der Waals surface area contributed by atoms with Crippen molar-refractivity contribution in [3.8, 4) is 0 Å². The normalized spacial score (nSPS) is 22.9. The van der Waals surface area contributed by atoms with Crippen LogP contribution in [0.3, 0.4) is 0 Å². The van der Waals surface area contributed by atoms with Gasteiger partial charge in [0.2, 0.25) is 0 Å². The molecule has 1 fully saturated rings. The van der Waals surface area contributed by atoms with Gasteiger partial charge in [0, 0.05) is 6.42 Å². The molecule has 1 rings (SSSR count). The van der Waals surface area contributed by atoms with E-state index < -0.39 is 24.2 Å². The molecule has 1 N–H and O–H groups in total. The van der Waals surface area contributed by atoms with Crippen LogP contribution in [0, 0.1) is 0 Å². The highest BCUT2D eigenvalue weighted by Crippen LogP contribution is 2.22. The van der Waals surface area contributed by atoms with Crippen LogP contribution >= 0.6 is 0 Å². The van der Waals surface area contributed by atoms with Crippen LogP contribution in [0.4, 0.5) is 8.78 Å². The van der Waals surface area contributed by atoms with E-state index in [4.69, 9.17) is 5.11 Å². The molecule has 0 bridgehead atoms. The lowest BCUT2D eigenvalue weighted by Gasteiger charge is -2.14. The van der Waals surface area contributed by atoms with Gasteiger partial charge >= 0.3 is 18.0 Å². The summed E-state index contributed by atoms with van der Waals surface area (Å²) in [5, 5.41) is 7.96. The largest absolute Gasteiger partial charge is 0.475 e. The first-order valence-electron chi connectivity index (χ1n) is 3.39. The van der Waals surface area contributed by atoms with Gasteiger partial charge in [0.05, 0.1) is 6.61 Å². The topological polar surface area (TPSA) is 72.8 Å². The van der Waals surface area contributed by atoms with E-state index in [9.17, 15) is 18.4 Å². The number of halogens is 2. The van der Waals surface area contributed by atoms with Crippen molar-refractivity contribution >= 4 is 11.9 Å². The number of rotatable bonds is 3. The lowest BCUT2D eigenvalue weighted by molar-refractivity contribution is -0.259. The third kappa shape index (κ3) is 2.11. The highest BCUT2D eigenvalue weighted by molar-refractivity contribution is 5.78. The Labute approximate surface area is 71.2 Å². The average molecular weight is 196 g/mol. The van der Waals surface area contributed by atoms with Gasteiger partial charge in [-0.3, -0.25) is 4.74 Å². The number of aliphatic carboxylic acids is 1. The summed E-state index contributed by atoms with van der Waals surface area (Å²) in [6.45, 7) is -0.0286. The third-order valence-electron chi connectivity index (χ3n) is 1.43. The molecule has 0 spiro atoms. The van der Waals surface area contributed by atoms with Gasteiger partial charge in [0.1, 0.15) is 0 Å². The van der Waals surface area contributed by atoms with Crippen LogP contribution in [0.25, 0.3) is 0 Å². The Balaban J connectivity index is 2.57. The second-order valence-corrected chi connectivity index (χ2v) is 2.38. The van der Waals surface area contributed by atoms with E-state index in [2.05, 4.69) is 9.47 Å². The zero-order chi connectivity index (χ0) is 10.1. The molecule has 1 heterocycles. The standard InChI is InChI=1S/C6H6F2O5/c7-6(8,5(10)11)13-3-1-2-12-4(3)9/h3H,1-2H2,(H,10,11). The minimum absolute atomic E-state index is 0.0286. The number of esters is 1. The molecule has 1 saturated heterocycles. The Morgan fingerprint density at radius 1 is 1.69 bits per heavy atom. The predicted octanol–water partition coefficient (Wildman–Crippen LogP) is -0.00410. The van der Waals surface area contributed by atoms with Crippen molar-refractivity contribution in [3.05, 3.63) is 0 Å². The van der Waals surface area contributed by atoms with Crippen molar-refractivity contribution in [3.63, 3.8) is 0 Å². The smallest absolute Gasteiger partial charge is 0.456 e. The summed E-state index contributed by atoms with van der Waals surface area (Å²) in [7, 11) is 0. The zero-order valence-corrected chi connectivity index (χ0v) is 6.33. The molecular weight excluding hydrogens is 190 g/mol. The number of carboxylic acids is 1. The average Bonchev–Trinajstić information content (AvgIpc) is 2.35. The third-order valence-corrected chi connectivity index (χ3v) is 1.43. The van der Waals surface area contributed by atoms with Crippen molar-refractivity contribution in [2.45, 2.75) is 18.6 Å². The summed E-state index contributed by atoms with van der Waals surface area (Å²) in [5.41, 5.74) is 0. The maximum Gasteiger partial charge on any atom is 0.456 e. The molecule has 7 heteroatoms. The van der Waals surface area contributed by atoms with Crippen LogP contribution in [-0.4, -0.2) is 35.9 Å². The molecular formula is C6H6F2O5. The lowest BCUT2D eigenvalue weighted by atomic mass is 10.3. The van der Waals surface area contributed by atoms with Crippen molar-refractivity contribution in [1.29, 1.82) is 0 Å². The van der Waals surface area contributed by atoms with Crippen LogP contribution in [0.15, 0.2) is 0 Å². The number of hydrogen-bond donors (Lipinski definition) is 1. The first-order valence-corrected chi connectivity index (χ1v) is 3.39. The van der Waals surface area contributed by atoms with Crippen molar-refractivity contribution in [2.24, 2.45) is 0 Å².